The molecular formula is C23H27NO3. The smallest absolute Gasteiger partial charge is 0.251 e. The summed E-state index contributed by atoms with van der Waals surface area (Å²) in [4.78, 5) is 12.4. The number of hydrogen-bond acceptors (Lipinski definition) is 3. The van der Waals surface area contributed by atoms with Gasteiger partial charge in [0.25, 0.3) is 5.79 Å². The summed E-state index contributed by atoms with van der Waals surface area (Å²) in [5, 5.41) is 2.99. The maximum atomic E-state index is 12.4. The van der Waals surface area contributed by atoms with Crippen molar-refractivity contribution < 1.29 is 14.3 Å². The van der Waals surface area contributed by atoms with E-state index in [4.69, 9.17) is 9.47 Å². The average molecular weight is 365 g/mol. The highest BCUT2D eigenvalue weighted by molar-refractivity contribution is 5.91. The van der Waals surface area contributed by atoms with Gasteiger partial charge in [0, 0.05) is 31.0 Å². The van der Waals surface area contributed by atoms with E-state index in [9.17, 15) is 4.79 Å². The van der Waals surface area contributed by atoms with Crippen LogP contribution in [0.15, 0.2) is 36.4 Å². The minimum atomic E-state index is -0.480. The molecule has 1 saturated carbocycles. The van der Waals surface area contributed by atoms with Gasteiger partial charge in [0.05, 0.1) is 0 Å². The second-order valence-electron chi connectivity index (χ2n) is 7.82. The molecule has 1 fully saturated rings. The molecule has 1 aliphatic heterocycles. The van der Waals surface area contributed by atoms with E-state index in [-0.39, 0.29) is 5.91 Å². The minimum absolute atomic E-state index is 0.0150. The Hall–Kier alpha value is -2.49. The van der Waals surface area contributed by atoms with Crippen molar-refractivity contribution in [3.63, 3.8) is 0 Å². The second-order valence-corrected chi connectivity index (χ2v) is 7.82. The third-order valence-electron chi connectivity index (χ3n) is 5.55. The maximum absolute atomic E-state index is 12.4. The lowest BCUT2D eigenvalue weighted by Crippen LogP contribution is -2.40. The molecule has 142 valence electrons. The van der Waals surface area contributed by atoms with E-state index in [0.29, 0.717) is 6.42 Å². The quantitative estimate of drug-likeness (QED) is 0.799. The molecule has 4 rings (SSSR count). The summed E-state index contributed by atoms with van der Waals surface area (Å²) in [6, 6.07) is 12.0. The fraction of sp³-hybridized carbons (Fsp3) is 0.435. The number of carbonyl (C=O) groups is 1. The standard InChI is InChI=1S/C23H27NO3/c1-16-6-7-18(17(2)14-16)8-11-22(25)24-19-9-10-20-21(15-19)27-23(26-20)12-4-3-5-13-23/h6-7,9-10,14-15H,3-5,8,11-13H2,1-2H3,(H,24,25). The first-order valence-corrected chi connectivity index (χ1v) is 9.91. The average Bonchev–Trinajstić information content (AvgIpc) is 2.98. The van der Waals surface area contributed by atoms with E-state index >= 15 is 0 Å². The first-order valence-electron chi connectivity index (χ1n) is 9.91. The highest BCUT2D eigenvalue weighted by atomic mass is 16.7. The van der Waals surface area contributed by atoms with Crippen molar-refractivity contribution in [2.45, 2.75) is 64.6 Å². The molecule has 1 heterocycles. The Morgan fingerprint density at radius 2 is 1.78 bits per heavy atom. The number of hydrogen-bond donors (Lipinski definition) is 1. The summed E-state index contributed by atoms with van der Waals surface area (Å²) >= 11 is 0. The second kappa shape index (κ2) is 7.26. The van der Waals surface area contributed by atoms with Gasteiger partial charge in [-0.1, -0.05) is 30.2 Å². The largest absolute Gasteiger partial charge is 0.448 e. The molecule has 1 aliphatic carbocycles. The van der Waals surface area contributed by atoms with Crippen molar-refractivity contribution >= 4 is 11.6 Å². The summed E-state index contributed by atoms with van der Waals surface area (Å²) in [7, 11) is 0. The monoisotopic (exact) mass is 365 g/mol. The van der Waals surface area contributed by atoms with E-state index in [1.807, 2.05) is 18.2 Å². The molecule has 27 heavy (non-hydrogen) atoms. The van der Waals surface area contributed by atoms with Crippen LogP contribution in [0.2, 0.25) is 0 Å². The van der Waals surface area contributed by atoms with Gasteiger partial charge in [-0.15, -0.1) is 0 Å². The van der Waals surface area contributed by atoms with Crippen LogP contribution in [0, 0.1) is 13.8 Å². The maximum Gasteiger partial charge on any atom is 0.251 e. The summed E-state index contributed by atoms with van der Waals surface area (Å²) in [6.07, 6.45) is 6.57. The number of benzene rings is 2. The molecule has 2 aromatic carbocycles. The number of anilines is 1. The summed E-state index contributed by atoms with van der Waals surface area (Å²) in [5.74, 6) is 1.06. The fourth-order valence-corrected chi connectivity index (χ4v) is 4.06. The van der Waals surface area contributed by atoms with Crippen molar-refractivity contribution in [2.75, 3.05) is 5.32 Å². The zero-order chi connectivity index (χ0) is 18.9. The number of aryl methyl sites for hydroxylation is 3. The predicted molar refractivity (Wildman–Crippen MR) is 106 cm³/mol. The number of fused-ring (bicyclic) bond motifs is 1. The van der Waals surface area contributed by atoms with Gasteiger partial charge in [0.15, 0.2) is 11.5 Å². The van der Waals surface area contributed by atoms with Gasteiger partial charge >= 0.3 is 0 Å². The van der Waals surface area contributed by atoms with Crippen LogP contribution in [0.5, 0.6) is 11.5 Å². The molecular weight excluding hydrogens is 338 g/mol. The van der Waals surface area contributed by atoms with Crippen molar-refractivity contribution in [3.05, 3.63) is 53.1 Å². The van der Waals surface area contributed by atoms with Gasteiger partial charge in [-0.25, -0.2) is 0 Å². The molecule has 1 amide bonds. The van der Waals surface area contributed by atoms with Crippen molar-refractivity contribution in [2.24, 2.45) is 0 Å². The molecule has 0 aromatic heterocycles. The van der Waals surface area contributed by atoms with Crippen LogP contribution in [0.1, 0.15) is 55.2 Å². The van der Waals surface area contributed by atoms with Gasteiger partial charge in [0.2, 0.25) is 5.91 Å². The first-order chi connectivity index (χ1) is 13.0. The lowest BCUT2D eigenvalue weighted by atomic mass is 9.94. The summed E-state index contributed by atoms with van der Waals surface area (Å²) < 4.78 is 12.2. The molecule has 2 aromatic rings. The van der Waals surface area contributed by atoms with Crippen molar-refractivity contribution in [1.82, 2.24) is 0 Å². The van der Waals surface area contributed by atoms with E-state index in [1.54, 1.807) is 0 Å². The Kier molecular flexibility index (Phi) is 4.81. The molecule has 0 radical (unpaired) electrons. The Morgan fingerprint density at radius 3 is 2.56 bits per heavy atom. The molecule has 4 nitrogen and oxygen atoms in total. The molecule has 0 bridgehead atoms. The number of ether oxygens (including phenoxy) is 2. The SMILES string of the molecule is Cc1ccc(CCC(=O)Nc2ccc3c(c2)OC2(CCCCC2)O3)c(C)c1. The van der Waals surface area contributed by atoms with Crippen molar-refractivity contribution in [3.8, 4) is 11.5 Å². The topological polar surface area (TPSA) is 47.6 Å². The number of amides is 1. The Balaban J connectivity index is 1.36. The van der Waals surface area contributed by atoms with E-state index < -0.39 is 5.79 Å². The lowest BCUT2D eigenvalue weighted by Gasteiger charge is -2.31. The number of nitrogens with one attached hydrogen (secondary N) is 1. The van der Waals surface area contributed by atoms with Crippen LogP contribution in [-0.2, 0) is 11.2 Å². The van der Waals surface area contributed by atoms with Crippen LogP contribution in [0.4, 0.5) is 5.69 Å². The Labute approximate surface area is 160 Å². The van der Waals surface area contributed by atoms with Crippen LogP contribution >= 0.6 is 0 Å². The lowest BCUT2D eigenvalue weighted by molar-refractivity contribution is -0.116. The zero-order valence-electron chi connectivity index (χ0n) is 16.1. The molecule has 0 atom stereocenters. The van der Waals surface area contributed by atoms with Gasteiger partial charge in [0.1, 0.15) is 0 Å². The van der Waals surface area contributed by atoms with Crippen LogP contribution in [0.3, 0.4) is 0 Å². The fourth-order valence-electron chi connectivity index (χ4n) is 4.06. The van der Waals surface area contributed by atoms with Gasteiger partial charge in [-0.05, 0) is 56.4 Å². The van der Waals surface area contributed by atoms with Crippen LogP contribution < -0.4 is 14.8 Å². The molecule has 1 N–H and O–H groups in total. The summed E-state index contributed by atoms with van der Waals surface area (Å²) in [6.45, 7) is 4.18. The molecule has 4 heteroatoms. The molecule has 0 unspecified atom stereocenters. The molecule has 1 spiro atoms. The molecule has 0 saturated heterocycles. The highest BCUT2D eigenvalue weighted by Crippen LogP contribution is 2.46. The summed E-state index contributed by atoms with van der Waals surface area (Å²) in [5.41, 5.74) is 4.47. The van der Waals surface area contributed by atoms with Gasteiger partial charge in [-0.2, -0.15) is 0 Å². The van der Waals surface area contributed by atoms with Crippen molar-refractivity contribution in [1.29, 1.82) is 0 Å². The zero-order valence-corrected chi connectivity index (χ0v) is 16.1. The van der Waals surface area contributed by atoms with E-state index in [1.165, 1.54) is 23.1 Å². The van der Waals surface area contributed by atoms with Crippen LogP contribution in [-0.4, -0.2) is 11.7 Å². The number of rotatable bonds is 4. The third kappa shape index (κ3) is 3.95. The van der Waals surface area contributed by atoms with Gasteiger partial charge < -0.3 is 14.8 Å². The first kappa shape index (κ1) is 17.9. The van der Waals surface area contributed by atoms with Crippen LogP contribution in [0.25, 0.3) is 0 Å². The van der Waals surface area contributed by atoms with E-state index in [2.05, 4.69) is 37.4 Å². The Bertz CT molecular complexity index is 853. The normalized spacial score (nSPS) is 17.1. The Morgan fingerprint density at radius 1 is 1.00 bits per heavy atom. The van der Waals surface area contributed by atoms with Gasteiger partial charge in [-0.3, -0.25) is 4.79 Å². The predicted octanol–water partition coefficient (Wildman–Crippen LogP) is 5.31. The third-order valence-corrected chi connectivity index (χ3v) is 5.55. The number of carbonyl (C=O) groups excluding carboxylic acids is 1. The highest BCUT2D eigenvalue weighted by Gasteiger charge is 2.42. The minimum Gasteiger partial charge on any atom is -0.448 e. The van der Waals surface area contributed by atoms with E-state index in [0.717, 1.165) is 49.3 Å². The molecule has 2 aliphatic rings.